The number of H-pyrrole nitrogens is 1. The summed E-state index contributed by atoms with van der Waals surface area (Å²) in [6, 6.07) is 6.27. The number of carbonyl (C=O) groups is 1. The zero-order valence-corrected chi connectivity index (χ0v) is 19.9. The maximum absolute atomic E-state index is 13.4. The lowest BCUT2D eigenvalue weighted by Gasteiger charge is -2.31. The van der Waals surface area contributed by atoms with Gasteiger partial charge in [-0.15, -0.1) is 0 Å². The average molecular weight is 550 g/mol. The molecule has 37 heavy (non-hydrogen) atoms. The molecule has 1 aliphatic rings. The van der Waals surface area contributed by atoms with E-state index in [0.717, 1.165) is 28.6 Å². The molecule has 1 fully saturated rings. The number of piperidine rings is 1. The molecule has 15 heteroatoms. The fourth-order valence-corrected chi connectivity index (χ4v) is 5.65. The van der Waals surface area contributed by atoms with Crippen LogP contribution in [0, 0.1) is 0 Å². The Hall–Kier alpha value is -3.33. The zero-order chi connectivity index (χ0) is 27.2. The second kappa shape index (κ2) is 9.52. The Morgan fingerprint density at radius 1 is 1.03 bits per heavy atom. The molecule has 0 spiro atoms. The molecule has 8 nitrogen and oxygen atoms in total. The summed E-state index contributed by atoms with van der Waals surface area (Å²) in [5.41, 5.74) is -1.94. The molecule has 0 radical (unpaired) electrons. The van der Waals surface area contributed by atoms with E-state index in [4.69, 9.17) is 4.74 Å². The molecule has 0 saturated carbocycles. The summed E-state index contributed by atoms with van der Waals surface area (Å²) in [6.45, 7) is -0.0968. The summed E-state index contributed by atoms with van der Waals surface area (Å²) in [5.74, 6) is -2.10. The fraction of sp³-hybridized carbons (Fsp3) is 0.364. The summed E-state index contributed by atoms with van der Waals surface area (Å²) in [6.07, 6.45) is -9.42. The van der Waals surface area contributed by atoms with Crippen LogP contribution in [0.25, 0.3) is 11.0 Å². The molecule has 2 N–H and O–H groups in total. The minimum absolute atomic E-state index is 0.0484. The van der Waals surface area contributed by atoms with Crippen LogP contribution in [0.1, 0.15) is 34.6 Å². The topological polar surface area (TPSA) is 104 Å². The molecule has 0 bridgehead atoms. The van der Waals surface area contributed by atoms with E-state index in [1.165, 1.54) is 19.2 Å². The molecule has 2 aromatic carbocycles. The van der Waals surface area contributed by atoms with E-state index in [9.17, 15) is 39.6 Å². The number of sulfonamides is 1. The van der Waals surface area contributed by atoms with Gasteiger partial charge in [-0.25, -0.2) is 13.4 Å². The second-order valence-electron chi connectivity index (χ2n) is 8.24. The smallest absolute Gasteiger partial charge is 0.449 e. The van der Waals surface area contributed by atoms with Gasteiger partial charge in [-0.3, -0.25) is 4.79 Å². The molecule has 0 unspecified atom stereocenters. The number of benzene rings is 2. The van der Waals surface area contributed by atoms with E-state index in [1.54, 1.807) is 0 Å². The molecule has 200 valence electrons. The van der Waals surface area contributed by atoms with Gasteiger partial charge in [-0.05, 0) is 49.2 Å². The van der Waals surface area contributed by atoms with Crippen LogP contribution in [0.2, 0.25) is 0 Å². The van der Waals surface area contributed by atoms with Gasteiger partial charge in [0.2, 0.25) is 15.8 Å². The quantitative estimate of drug-likeness (QED) is 0.464. The molecule has 0 atom stereocenters. The number of alkyl halides is 6. The first kappa shape index (κ1) is 26.7. The second-order valence-corrected chi connectivity index (χ2v) is 10.1. The van der Waals surface area contributed by atoms with Gasteiger partial charge in [0.25, 0.3) is 5.91 Å². The number of hydrogen-bond acceptors (Lipinski definition) is 5. The number of ether oxygens (including phenoxy) is 1. The van der Waals surface area contributed by atoms with Gasteiger partial charge in [0, 0.05) is 20.1 Å². The number of amides is 1. The minimum Gasteiger partial charge on any atom is -0.490 e. The summed E-state index contributed by atoms with van der Waals surface area (Å²) in [7, 11) is -3.12. The van der Waals surface area contributed by atoms with Crippen molar-refractivity contribution in [3.05, 3.63) is 53.3 Å². The van der Waals surface area contributed by atoms with E-state index >= 15 is 0 Å². The normalized spacial score (nSPS) is 16.2. The van der Waals surface area contributed by atoms with E-state index in [2.05, 4.69) is 15.3 Å². The number of carbonyl (C=O) groups excluding carboxylic acids is 1. The predicted molar refractivity (Wildman–Crippen MR) is 118 cm³/mol. The fourth-order valence-electron chi connectivity index (χ4n) is 3.99. The van der Waals surface area contributed by atoms with Gasteiger partial charge < -0.3 is 15.0 Å². The Labute approximate surface area is 206 Å². The Balaban J connectivity index is 1.55. The zero-order valence-electron chi connectivity index (χ0n) is 19.1. The number of rotatable bonds is 5. The minimum atomic E-state index is -4.84. The van der Waals surface area contributed by atoms with Crippen LogP contribution in [0.15, 0.2) is 41.3 Å². The van der Waals surface area contributed by atoms with Crippen molar-refractivity contribution in [3.63, 3.8) is 0 Å². The van der Waals surface area contributed by atoms with Crippen molar-refractivity contribution in [1.82, 2.24) is 19.6 Å². The first-order chi connectivity index (χ1) is 17.2. The molecule has 2 heterocycles. The van der Waals surface area contributed by atoms with Crippen molar-refractivity contribution in [2.45, 2.75) is 36.2 Å². The highest BCUT2D eigenvalue weighted by atomic mass is 32.2. The van der Waals surface area contributed by atoms with Crippen molar-refractivity contribution >= 4 is 27.0 Å². The monoisotopic (exact) mass is 550 g/mol. The van der Waals surface area contributed by atoms with Crippen LogP contribution in [-0.2, 0) is 22.4 Å². The third kappa shape index (κ3) is 5.37. The molecular formula is C22H20F6N4O4S. The summed E-state index contributed by atoms with van der Waals surface area (Å²) in [5, 5.41) is 2.24. The largest absolute Gasteiger partial charge is 0.490 e. The number of hydrogen-bond donors (Lipinski definition) is 2. The lowest BCUT2D eigenvalue weighted by Crippen LogP contribution is -2.42. The Bertz CT molecular complexity index is 1410. The Morgan fingerprint density at radius 2 is 1.65 bits per heavy atom. The van der Waals surface area contributed by atoms with Crippen LogP contribution < -0.4 is 10.1 Å². The van der Waals surface area contributed by atoms with Crippen LogP contribution in [0.4, 0.5) is 26.3 Å². The molecule has 0 aliphatic carbocycles. The van der Waals surface area contributed by atoms with Gasteiger partial charge in [-0.1, -0.05) is 0 Å². The third-order valence-corrected chi connectivity index (χ3v) is 7.78. The van der Waals surface area contributed by atoms with Crippen LogP contribution in [0.3, 0.4) is 0 Å². The van der Waals surface area contributed by atoms with Crippen molar-refractivity contribution in [3.8, 4) is 5.75 Å². The predicted octanol–water partition coefficient (Wildman–Crippen LogP) is 4.19. The SMILES string of the molecule is CNC(=O)c1c(S(=O)(=O)N2CCC(Oc3ccc(C(F)(F)F)cc3)CC2)ccc2[nH]c(C(F)(F)F)nc12. The van der Waals surface area contributed by atoms with E-state index in [0.29, 0.717) is 0 Å². The van der Waals surface area contributed by atoms with Crippen LogP contribution >= 0.6 is 0 Å². The number of aromatic nitrogens is 2. The lowest BCUT2D eigenvalue weighted by atomic mass is 10.1. The Morgan fingerprint density at radius 3 is 2.19 bits per heavy atom. The molecule has 1 saturated heterocycles. The summed E-state index contributed by atoms with van der Waals surface area (Å²) in [4.78, 5) is 17.5. The first-order valence-electron chi connectivity index (χ1n) is 10.9. The van der Waals surface area contributed by atoms with Crippen molar-refractivity contribution in [2.75, 3.05) is 20.1 Å². The highest BCUT2D eigenvalue weighted by Crippen LogP contribution is 2.34. The average Bonchev–Trinajstić information content (AvgIpc) is 3.28. The Kier molecular flexibility index (Phi) is 6.88. The maximum Gasteiger partial charge on any atom is 0.449 e. The van der Waals surface area contributed by atoms with Gasteiger partial charge in [0.15, 0.2) is 0 Å². The maximum atomic E-state index is 13.4. The highest BCUT2D eigenvalue weighted by molar-refractivity contribution is 7.89. The number of nitrogens with zero attached hydrogens (tertiary/aromatic N) is 2. The van der Waals surface area contributed by atoms with Crippen molar-refractivity contribution in [2.24, 2.45) is 0 Å². The highest BCUT2D eigenvalue weighted by Gasteiger charge is 2.38. The lowest BCUT2D eigenvalue weighted by molar-refractivity contribution is -0.144. The van der Waals surface area contributed by atoms with Crippen molar-refractivity contribution < 1.29 is 44.3 Å². The van der Waals surface area contributed by atoms with Gasteiger partial charge in [0.1, 0.15) is 17.4 Å². The molecule has 1 aliphatic heterocycles. The van der Waals surface area contributed by atoms with E-state index < -0.39 is 61.8 Å². The standard InChI is InChI=1S/C22H20F6N4O4S/c1-29-19(33)17-16(7-6-15-18(17)31-20(30-15)22(26,27)28)37(34,35)32-10-8-14(9-11-32)36-13-4-2-12(3-5-13)21(23,24)25/h2-7,14H,8-11H2,1H3,(H,29,33)(H,30,31). The molecule has 3 aromatic rings. The summed E-state index contributed by atoms with van der Waals surface area (Å²) < 4.78 is 111. The van der Waals surface area contributed by atoms with E-state index in [1.807, 2.05) is 0 Å². The number of imidazole rings is 1. The molecule has 4 rings (SSSR count). The van der Waals surface area contributed by atoms with Gasteiger partial charge >= 0.3 is 12.4 Å². The number of nitrogens with one attached hydrogen (secondary N) is 2. The molecule has 1 aromatic heterocycles. The third-order valence-electron chi connectivity index (χ3n) is 5.84. The first-order valence-corrected chi connectivity index (χ1v) is 12.3. The molecular weight excluding hydrogens is 530 g/mol. The van der Waals surface area contributed by atoms with Gasteiger partial charge in [0.05, 0.1) is 21.5 Å². The molecule has 1 amide bonds. The van der Waals surface area contributed by atoms with Gasteiger partial charge in [-0.2, -0.15) is 30.6 Å². The summed E-state index contributed by atoms with van der Waals surface area (Å²) >= 11 is 0. The van der Waals surface area contributed by atoms with Crippen molar-refractivity contribution in [1.29, 1.82) is 0 Å². The van der Waals surface area contributed by atoms with Crippen LogP contribution in [0.5, 0.6) is 5.75 Å². The number of aromatic amines is 1. The number of fused-ring (bicyclic) bond motifs is 1. The van der Waals surface area contributed by atoms with E-state index in [-0.39, 0.29) is 37.2 Å². The van der Waals surface area contributed by atoms with Crippen LogP contribution in [-0.4, -0.2) is 54.8 Å². The number of halogens is 6.